The van der Waals surface area contributed by atoms with Gasteiger partial charge in [-0.15, -0.1) is 11.3 Å². The van der Waals surface area contributed by atoms with Gasteiger partial charge in [-0.1, -0.05) is 6.42 Å². The van der Waals surface area contributed by atoms with E-state index in [0.717, 1.165) is 16.7 Å². The van der Waals surface area contributed by atoms with Gasteiger partial charge in [0.15, 0.2) is 0 Å². The first-order chi connectivity index (χ1) is 10.2. The molecule has 2 aromatic rings. The Hall–Kier alpha value is -0.690. The van der Waals surface area contributed by atoms with Crippen LogP contribution in [0.5, 0.6) is 0 Å². The van der Waals surface area contributed by atoms with E-state index < -0.39 is 0 Å². The third-order valence-corrected chi connectivity index (χ3v) is 6.04. The van der Waals surface area contributed by atoms with Gasteiger partial charge in [-0.3, -0.25) is 10.5 Å². The predicted molar refractivity (Wildman–Crippen MR) is 90.3 cm³/mol. The van der Waals surface area contributed by atoms with E-state index >= 15 is 0 Å². The first kappa shape index (κ1) is 15.2. The zero-order valence-electron chi connectivity index (χ0n) is 12.2. The average molecular weight is 369 g/mol. The lowest BCUT2D eigenvalue weighted by atomic mass is 10.1. The molecule has 1 unspecified atom stereocenters. The highest BCUT2D eigenvalue weighted by Gasteiger charge is 2.24. The van der Waals surface area contributed by atoms with Gasteiger partial charge in [0.2, 0.25) is 0 Å². The molecule has 0 aliphatic heterocycles. The fourth-order valence-electron chi connectivity index (χ4n) is 3.04. The van der Waals surface area contributed by atoms with Crippen molar-refractivity contribution < 1.29 is 0 Å². The SMILES string of the molecule is CCn1ncc(Br)c1C(NN)c1cc2c(s1)CCCCC2. The van der Waals surface area contributed by atoms with Crippen LogP contribution in [-0.2, 0) is 19.4 Å². The van der Waals surface area contributed by atoms with Gasteiger partial charge >= 0.3 is 0 Å². The third-order valence-electron chi connectivity index (χ3n) is 4.12. The molecule has 0 radical (unpaired) electrons. The normalized spacial score (nSPS) is 16.5. The Morgan fingerprint density at radius 3 is 3.00 bits per heavy atom. The first-order valence-corrected chi connectivity index (χ1v) is 9.14. The fourth-order valence-corrected chi connectivity index (χ4v) is 4.89. The number of halogens is 1. The van der Waals surface area contributed by atoms with Crippen molar-refractivity contribution in [3.63, 3.8) is 0 Å². The van der Waals surface area contributed by atoms with Gasteiger partial charge in [-0.05, 0) is 60.2 Å². The second-order valence-electron chi connectivity index (χ2n) is 5.45. The lowest BCUT2D eigenvalue weighted by Crippen LogP contribution is -2.30. The topological polar surface area (TPSA) is 55.9 Å². The van der Waals surface area contributed by atoms with Crippen LogP contribution in [0.2, 0.25) is 0 Å². The van der Waals surface area contributed by atoms with Gasteiger partial charge in [0.1, 0.15) is 0 Å². The van der Waals surface area contributed by atoms with E-state index in [1.165, 1.54) is 42.5 Å². The Morgan fingerprint density at radius 1 is 1.43 bits per heavy atom. The molecule has 0 saturated heterocycles. The average Bonchev–Trinajstić information content (AvgIpc) is 2.98. The highest BCUT2D eigenvalue weighted by Crippen LogP contribution is 2.36. The summed E-state index contributed by atoms with van der Waals surface area (Å²) in [6, 6.07) is 2.34. The van der Waals surface area contributed by atoms with E-state index in [2.05, 4.69) is 39.4 Å². The number of hydrazine groups is 1. The second-order valence-corrected chi connectivity index (χ2v) is 7.47. The second kappa shape index (κ2) is 6.60. The number of nitrogens with zero attached hydrogens (tertiary/aromatic N) is 2. The largest absolute Gasteiger partial charge is 0.270 e. The van der Waals surface area contributed by atoms with Crippen LogP contribution in [-0.4, -0.2) is 9.78 Å². The Kier molecular flexibility index (Phi) is 4.78. The summed E-state index contributed by atoms with van der Waals surface area (Å²) in [6.45, 7) is 2.93. The molecule has 0 spiro atoms. The Labute approximate surface area is 137 Å². The molecule has 4 nitrogen and oxygen atoms in total. The van der Waals surface area contributed by atoms with Crippen molar-refractivity contribution in [3.05, 3.63) is 37.7 Å². The van der Waals surface area contributed by atoms with Crippen molar-refractivity contribution in [2.45, 2.75) is 51.6 Å². The molecule has 1 atom stereocenters. The van der Waals surface area contributed by atoms with Crippen molar-refractivity contribution in [2.24, 2.45) is 5.84 Å². The minimum absolute atomic E-state index is 0.00116. The summed E-state index contributed by atoms with van der Waals surface area (Å²) >= 11 is 5.51. The quantitative estimate of drug-likeness (QED) is 0.492. The maximum atomic E-state index is 5.87. The Morgan fingerprint density at radius 2 is 2.24 bits per heavy atom. The molecule has 3 rings (SSSR count). The molecule has 3 N–H and O–H groups in total. The van der Waals surface area contributed by atoms with Crippen LogP contribution in [0.15, 0.2) is 16.7 Å². The summed E-state index contributed by atoms with van der Waals surface area (Å²) in [5.74, 6) is 5.87. The lowest BCUT2D eigenvalue weighted by Gasteiger charge is -2.16. The molecule has 0 amide bonds. The van der Waals surface area contributed by atoms with Crippen LogP contribution in [0.3, 0.4) is 0 Å². The lowest BCUT2D eigenvalue weighted by molar-refractivity contribution is 0.546. The van der Waals surface area contributed by atoms with E-state index in [1.807, 2.05) is 22.2 Å². The first-order valence-electron chi connectivity index (χ1n) is 7.53. The smallest absolute Gasteiger partial charge is 0.0981 e. The molecule has 1 aliphatic rings. The van der Waals surface area contributed by atoms with Crippen molar-refractivity contribution in [1.82, 2.24) is 15.2 Å². The molecule has 2 heterocycles. The van der Waals surface area contributed by atoms with E-state index in [1.54, 1.807) is 4.88 Å². The fraction of sp³-hybridized carbons (Fsp3) is 0.533. The summed E-state index contributed by atoms with van der Waals surface area (Å²) in [4.78, 5) is 2.83. The van der Waals surface area contributed by atoms with Crippen LogP contribution < -0.4 is 11.3 Å². The molecule has 6 heteroatoms. The van der Waals surface area contributed by atoms with Crippen molar-refractivity contribution >= 4 is 27.3 Å². The van der Waals surface area contributed by atoms with Gasteiger partial charge < -0.3 is 0 Å². The predicted octanol–water partition coefficient (Wildman–Crippen LogP) is 3.55. The molecular weight excluding hydrogens is 348 g/mol. The van der Waals surface area contributed by atoms with E-state index in [-0.39, 0.29) is 6.04 Å². The zero-order valence-corrected chi connectivity index (χ0v) is 14.6. The number of nitrogens with one attached hydrogen (secondary N) is 1. The summed E-state index contributed by atoms with van der Waals surface area (Å²) < 4.78 is 3.01. The van der Waals surface area contributed by atoms with Crippen LogP contribution in [0.1, 0.15) is 53.2 Å². The maximum absolute atomic E-state index is 5.87. The number of hydrogen-bond donors (Lipinski definition) is 2. The highest BCUT2D eigenvalue weighted by atomic mass is 79.9. The van der Waals surface area contributed by atoms with Crippen molar-refractivity contribution in [1.29, 1.82) is 0 Å². The number of aromatic nitrogens is 2. The number of hydrogen-bond acceptors (Lipinski definition) is 4. The van der Waals surface area contributed by atoms with E-state index in [0.29, 0.717) is 0 Å². The molecule has 2 aromatic heterocycles. The summed E-state index contributed by atoms with van der Waals surface area (Å²) in [5.41, 5.74) is 5.61. The summed E-state index contributed by atoms with van der Waals surface area (Å²) in [5, 5.41) is 4.40. The van der Waals surface area contributed by atoms with Gasteiger partial charge in [-0.2, -0.15) is 5.10 Å². The third kappa shape index (κ3) is 2.95. The molecule has 21 heavy (non-hydrogen) atoms. The number of rotatable bonds is 4. The minimum Gasteiger partial charge on any atom is -0.270 e. The van der Waals surface area contributed by atoms with Crippen LogP contribution in [0, 0.1) is 0 Å². The molecule has 114 valence electrons. The number of nitrogens with two attached hydrogens (primary N) is 1. The van der Waals surface area contributed by atoms with E-state index in [9.17, 15) is 0 Å². The maximum Gasteiger partial charge on any atom is 0.0981 e. The van der Waals surface area contributed by atoms with Crippen molar-refractivity contribution in [3.8, 4) is 0 Å². The van der Waals surface area contributed by atoms with Gasteiger partial charge in [0, 0.05) is 16.3 Å². The molecule has 0 bridgehead atoms. The van der Waals surface area contributed by atoms with E-state index in [4.69, 9.17) is 5.84 Å². The molecule has 0 fully saturated rings. The Bertz CT molecular complexity index is 596. The zero-order chi connectivity index (χ0) is 14.8. The van der Waals surface area contributed by atoms with Crippen LogP contribution in [0.25, 0.3) is 0 Å². The monoisotopic (exact) mass is 368 g/mol. The van der Waals surface area contributed by atoms with Crippen LogP contribution in [0.4, 0.5) is 0 Å². The molecule has 0 aromatic carbocycles. The Balaban J connectivity index is 1.98. The number of thiophene rings is 1. The molecular formula is C15H21BrN4S. The standard InChI is InChI=1S/C15H21BrN4S/c1-2-20-15(11(16)9-18-20)14(19-17)13-8-10-6-4-3-5-7-12(10)21-13/h8-9,14,19H,2-7,17H2,1H3. The summed E-state index contributed by atoms with van der Waals surface area (Å²) in [6.07, 6.45) is 8.23. The summed E-state index contributed by atoms with van der Waals surface area (Å²) in [7, 11) is 0. The molecule has 1 aliphatic carbocycles. The van der Waals surface area contributed by atoms with Crippen LogP contribution >= 0.6 is 27.3 Å². The molecule has 0 saturated carbocycles. The van der Waals surface area contributed by atoms with Crippen molar-refractivity contribution in [2.75, 3.05) is 0 Å². The van der Waals surface area contributed by atoms with Gasteiger partial charge in [0.25, 0.3) is 0 Å². The van der Waals surface area contributed by atoms with Gasteiger partial charge in [-0.25, -0.2) is 5.43 Å². The number of fused-ring (bicyclic) bond motifs is 1. The minimum atomic E-state index is -0.00116. The number of aryl methyl sites for hydroxylation is 3. The highest BCUT2D eigenvalue weighted by molar-refractivity contribution is 9.10. The van der Waals surface area contributed by atoms with Gasteiger partial charge in [0.05, 0.1) is 22.4 Å².